The van der Waals surface area contributed by atoms with Crippen LogP contribution in [0, 0.1) is 29.6 Å². The molecule has 0 saturated carbocycles. The minimum Gasteiger partial charge on any atom is -0.0946 e. The predicted molar refractivity (Wildman–Crippen MR) is 189 cm³/mol. The van der Waals surface area contributed by atoms with Gasteiger partial charge in [0.15, 0.2) is 0 Å². The molecule has 7 aliphatic rings. The summed E-state index contributed by atoms with van der Waals surface area (Å²) in [6.07, 6.45) is 2.10. The summed E-state index contributed by atoms with van der Waals surface area (Å²) in [5, 5.41) is 0. The van der Waals surface area contributed by atoms with Crippen LogP contribution in [-0.4, -0.2) is 0 Å². The molecule has 0 spiro atoms. The van der Waals surface area contributed by atoms with Crippen LogP contribution in [0.25, 0.3) is 0 Å². The van der Waals surface area contributed by atoms with Crippen molar-refractivity contribution in [1.29, 1.82) is 0 Å². The molecule has 0 fully saturated rings. The Morgan fingerprint density at radius 1 is 0.386 bits per heavy atom. The number of rotatable bonds is 3. The Bertz CT molecular complexity index is 1890. The smallest absolute Gasteiger partial charge is 0.00727 e. The minimum absolute atomic E-state index is 0.317. The van der Waals surface area contributed by atoms with E-state index in [1.54, 1.807) is 55.7 Å². The van der Waals surface area contributed by atoms with Crippen LogP contribution in [0.2, 0.25) is 0 Å². The van der Waals surface area contributed by atoms with Gasteiger partial charge >= 0.3 is 0 Å². The zero-order valence-corrected chi connectivity index (χ0v) is 29.7. The molecule has 0 bridgehead atoms. The lowest BCUT2D eigenvalue weighted by molar-refractivity contribution is 0.754. The normalized spacial score (nSPS) is 32.3. The van der Waals surface area contributed by atoms with Crippen molar-refractivity contribution in [3.63, 3.8) is 0 Å². The fourth-order valence-electron chi connectivity index (χ4n) is 10.6. The van der Waals surface area contributed by atoms with Crippen molar-refractivity contribution in [1.82, 2.24) is 0 Å². The van der Waals surface area contributed by atoms with Gasteiger partial charge in [0.25, 0.3) is 0 Å². The molecule has 5 unspecified atom stereocenters. The maximum absolute atomic E-state index is 4.78. The van der Waals surface area contributed by atoms with Crippen molar-refractivity contribution >= 4 is 0 Å². The summed E-state index contributed by atoms with van der Waals surface area (Å²) in [5.41, 5.74) is 33.5. The zero-order chi connectivity index (χ0) is 32.0. The molecule has 7 aliphatic carbocycles. The van der Waals surface area contributed by atoms with Gasteiger partial charge in [0.2, 0.25) is 0 Å². The van der Waals surface area contributed by atoms with E-state index in [2.05, 4.69) is 90.0 Å². The first-order chi connectivity index (χ1) is 20.6. The molecule has 44 heavy (non-hydrogen) atoms. The van der Waals surface area contributed by atoms with Crippen LogP contribution in [0.5, 0.6) is 0 Å². The summed E-state index contributed by atoms with van der Waals surface area (Å²) in [7, 11) is 0. The molecule has 0 radical (unpaired) electrons. The molecule has 0 heteroatoms. The van der Waals surface area contributed by atoms with Gasteiger partial charge in [-0.05, 0) is 180 Å². The lowest BCUT2D eigenvalue weighted by Crippen LogP contribution is -2.09. The lowest BCUT2D eigenvalue weighted by atomic mass is 9.81. The van der Waals surface area contributed by atoms with Crippen LogP contribution >= 0.6 is 0 Å². The molecule has 0 saturated heterocycles. The van der Waals surface area contributed by atoms with Gasteiger partial charge in [-0.2, -0.15) is 0 Å². The molecular formula is C44H52. The summed E-state index contributed by atoms with van der Waals surface area (Å²) < 4.78 is 0. The summed E-state index contributed by atoms with van der Waals surface area (Å²) >= 11 is 0. The van der Waals surface area contributed by atoms with Crippen LogP contribution in [0.3, 0.4) is 0 Å². The predicted octanol–water partition coefficient (Wildman–Crippen LogP) is 12.3. The van der Waals surface area contributed by atoms with Gasteiger partial charge < -0.3 is 0 Å². The molecule has 0 aromatic heterocycles. The van der Waals surface area contributed by atoms with E-state index in [1.165, 1.54) is 66.9 Å². The minimum atomic E-state index is 0.317. The first-order valence-electron chi connectivity index (χ1n) is 17.1. The second kappa shape index (κ2) is 9.45. The topological polar surface area (TPSA) is 0 Å². The van der Waals surface area contributed by atoms with Crippen LogP contribution in [-0.2, 0) is 0 Å². The first-order valence-corrected chi connectivity index (χ1v) is 17.1. The Morgan fingerprint density at radius 2 is 0.795 bits per heavy atom. The number of hydrogen-bond donors (Lipinski definition) is 0. The third kappa shape index (κ3) is 3.36. The number of hydrogen-bond acceptors (Lipinski definition) is 0. The Morgan fingerprint density at radius 3 is 1.30 bits per heavy atom. The van der Waals surface area contributed by atoms with Crippen LogP contribution in [0.15, 0.2) is 136 Å². The van der Waals surface area contributed by atoms with Gasteiger partial charge in [0, 0.05) is 29.6 Å². The molecule has 228 valence electrons. The summed E-state index contributed by atoms with van der Waals surface area (Å²) in [4.78, 5) is 0. The van der Waals surface area contributed by atoms with Gasteiger partial charge in [-0.25, -0.2) is 0 Å². The van der Waals surface area contributed by atoms with Crippen LogP contribution in [0.4, 0.5) is 0 Å². The Labute approximate surface area is 267 Å². The highest BCUT2D eigenvalue weighted by molar-refractivity contribution is 5.81. The highest BCUT2D eigenvalue weighted by Crippen LogP contribution is 2.63. The standard InChI is InChI=1S/C44H52/c1-18-16-33(21(4)19(18)2)39-26(9)28(11)43-40(27(10)29(12)42(39)43)35-17-34(22(5)23(35)6)36-30(13)38-32(15)37-24(7)20(3)25(8)41(37)44(38)31(36)14/h25-27,31-32H,11-12,16-17H2,1-10,13-15H3. The van der Waals surface area contributed by atoms with E-state index in [9.17, 15) is 0 Å². The molecule has 5 atom stereocenters. The molecular weight excluding hydrogens is 528 g/mol. The highest BCUT2D eigenvalue weighted by atomic mass is 14.5. The average Bonchev–Trinajstić information content (AvgIpc) is 3.77. The zero-order valence-electron chi connectivity index (χ0n) is 29.7. The van der Waals surface area contributed by atoms with Gasteiger partial charge in [0.05, 0.1) is 0 Å². The van der Waals surface area contributed by atoms with E-state index in [1.807, 2.05) is 0 Å². The molecule has 0 aromatic rings. The maximum atomic E-state index is 4.78. The highest BCUT2D eigenvalue weighted by Gasteiger charge is 2.48. The SMILES string of the molecule is C=C1C2=C(C3=C(C)C(C)=C(C4=C(C)C5=C(C6=C(C(C)=C(C)C6C)C5C)C4C)C3)C(C)C(=C)C2=C(C2=C(C)C(C)=C(C)C2)C1C. The molecule has 0 aromatic carbocycles. The van der Waals surface area contributed by atoms with E-state index in [0.717, 1.165) is 12.8 Å². The maximum Gasteiger partial charge on any atom is 0.00727 e. The summed E-state index contributed by atoms with van der Waals surface area (Å²) in [6.45, 7) is 40.6. The van der Waals surface area contributed by atoms with Crippen molar-refractivity contribution in [2.45, 2.75) is 103 Å². The molecule has 0 amide bonds. The molecule has 0 N–H and O–H groups in total. The number of allylic oxidation sites excluding steroid dienone is 22. The quantitative estimate of drug-likeness (QED) is 0.311. The van der Waals surface area contributed by atoms with Crippen LogP contribution < -0.4 is 0 Å². The van der Waals surface area contributed by atoms with Gasteiger partial charge in [-0.1, -0.05) is 58.9 Å². The van der Waals surface area contributed by atoms with E-state index in [0.29, 0.717) is 29.6 Å². The summed E-state index contributed by atoms with van der Waals surface area (Å²) in [5.74, 6) is 2.15. The lowest BCUT2D eigenvalue weighted by Gasteiger charge is -2.23. The van der Waals surface area contributed by atoms with Crippen molar-refractivity contribution < 1.29 is 0 Å². The van der Waals surface area contributed by atoms with E-state index < -0.39 is 0 Å². The second-order valence-corrected chi connectivity index (χ2v) is 15.3. The molecule has 0 aliphatic heterocycles. The van der Waals surface area contributed by atoms with E-state index >= 15 is 0 Å². The first kappa shape index (κ1) is 29.6. The largest absolute Gasteiger partial charge is 0.0946 e. The van der Waals surface area contributed by atoms with Gasteiger partial charge in [0.1, 0.15) is 0 Å². The Balaban J connectivity index is 1.29. The summed E-state index contributed by atoms with van der Waals surface area (Å²) in [6, 6.07) is 0. The average molecular weight is 581 g/mol. The third-order valence-corrected chi connectivity index (χ3v) is 13.7. The fourth-order valence-corrected chi connectivity index (χ4v) is 10.6. The van der Waals surface area contributed by atoms with Gasteiger partial charge in [-0.3, -0.25) is 0 Å². The monoisotopic (exact) mass is 580 g/mol. The second-order valence-electron chi connectivity index (χ2n) is 15.3. The molecule has 7 rings (SSSR count). The van der Waals surface area contributed by atoms with E-state index in [-0.39, 0.29) is 0 Å². The molecule has 0 nitrogen and oxygen atoms in total. The van der Waals surface area contributed by atoms with Crippen molar-refractivity contribution in [2.75, 3.05) is 0 Å². The van der Waals surface area contributed by atoms with Crippen molar-refractivity contribution in [2.24, 2.45) is 29.6 Å². The van der Waals surface area contributed by atoms with Crippen molar-refractivity contribution in [3.05, 3.63) is 136 Å². The fraction of sp³-hybridized carbons (Fsp3) is 0.455. The Hall–Kier alpha value is -3.12. The Kier molecular flexibility index (Phi) is 6.35. The van der Waals surface area contributed by atoms with E-state index in [4.69, 9.17) is 13.2 Å². The van der Waals surface area contributed by atoms with Crippen molar-refractivity contribution in [3.8, 4) is 0 Å². The van der Waals surface area contributed by atoms with Crippen LogP contribution in [0.1, 0.15) is 103 Å². The third-order valence-electron chi connectivity index (χ3n) is 13.7. The van der Waals surface area contributed by atoms with Gasteiger partial charge in [-0.15, -0.1) is 0 Å². The molecule has 0 heterocycles. The number of fused-ring (bicyclic) bond motifs is 2.